The standard InChI is InChI=1S/C9H19N3O2S/c1-3-11-15(13,14)12-6-8-4-10-5-9(8)7(12)2/h7-11H,3-6H2,1-2H3. The van der Waals surface area contributed by atoms with Crippen molar-refractivity contribution in [1.82, 2.24) is 14.3 Å². The Kier molecular flexibility index (Phi) is 3.03. The smallest absolute Gasteiger partial charge is 0.279 e. The van der Waals surface area contributed by atoms with Crippen LogP contribution < -0.4 is 10.0 Å². The second kappa shape index (κ2) is 4.01. The fourth-order valence-corrected chi connectivity index (χ4v) is 4.22. The highest BCUT2D eigenvalue weighted by atomic mass is 32.2. The van der Waals surface area contributed by atoms with Crippen molar-refractivity contribution in [1.29, 1.82) is 0 Å². The molecular formula is C9H19N3O2S. The molecule has 0 spiro atoms. The Morgan fingerprint density at radius 3 is 2.80 bits per heavy atom. The van der Waals surface area contributed by atoms with Gasteiger partial charge in [-0.05, 0) is 31.8 Å². The Morgan fingerprint density at radius 2 is 2.20 bits per heavy atom. The maximum atomic E-state index is 11.9. The average Bonchev–Trinajstić information content (AvgIpc) is 2.69. The molecule has 2 aliphatic rings. The molecule has 3 atom stereocenters. The minimum Gasteiger partial charge on any atom is -0.316 e. The summed E-state index contributed by atoms with van der Waals surface area (Å²) in [5.74, 6) is 0.979. The summed E-state index contributed by atoms with van der Waals surface area (Å²) in [6.07, 6.45) is 0. The molecule has 0 amide bonds. The van der Waals surface area contributed by atoms with E-state index in [2.05, 4.69) is 10.0 Å². The molecule has 2 rings (SSSR count). The first-order valence-corrected chi connectivity index (χ1v) is 6.97. The number of rotatable bonds is 3. The summed E-state index contributed by atoms with van der Waals surface area (Å²) in [5.41, 5.74) is 0. The molecule has 2 N–H and O–H groups in total. The average molecular weight is 233 g/mol. The minimum atomic E-state index is -3.25. The van der Waals surface area contributed by atoms with Gasteiger partial charge in [-0.2, -0.15) is 12.7 Å². The van der Waals surface area contributed by atoms with Crippen molar-refractivity contribution in [2.45, 2.75) is 19.9 Å². The van der Waals surface area contributed by atoms with Gasteiger partial charge in [-0.1, -0.05) is 6.92 Å². The zero-order valence-corrected chi connectivity index (χ0v) is 10.0. The van der Waals surface area contributed by atoms with E-state index in [-0.39, 0.29) is 6.04 Å². The lowest BCUT2D eigenvalue weighted by Crippen LogP contribution is -2.44. The summed E-state index contributed by atoms with van der Waals surface area (Å²) < 4.78 is 27.9. The van der Waals surface area contributed by atoms with Crippen LogP contribution in [0.4, 0.5) is 0 Å². The summed E-state index contributed by atoms with van der Waals surface area (Å²) in [4.78, 5) is 0. The molecule has 88 valence electrons. The number of hydrogen-bond donors (Lipinski definition) is 2. The third-order valence-corrected chi connectivity index (χ3v) is 5.27. The summed E-state index contributed by atoms with van der Waals surface area (Å²) in [6, 6.07) is 0.119. The van der Waals surface area contributed by atoms with Crippen LogP contribution in [0.5, 0.6) is 0 Å². The van der Waals surface area contributed by atoms with Gasteiger partial charge < -0.3 is 5.32 Å². The predicted molar refractivity (Wildman–Crippen MR) is 58.6 cm³/mol. The first-order valence-electron chi connectivity index (χ1n) is 5.53. The quantitative estimate of drug-likeness (QED) is 0.683. The summed E-state index contributed by atoms with van der Waals surface area (Å²) in [7, 11) is -3.25. The highest BCUT2D eigenvalue weighted by Gasteiger charge is 2.46. The minimum absolute atomic E-state index is 0.119. The molecule has 0 aromatic rings. The summed E-state index contributed by atoms with van der Waals surface area (Å²) >= 11 is 0. The van der Waals surface area contributed by atoms with E-state index in [4.69, 9.17) is 0 Å². The SMILES string of the molecule is CCNS(=O)(=O)N1CC2CNCC2C1C. The van der Waals surface area contributed by atoms with Gasteiger partial charge in [0.15, 0.2) is 0 Å². The third-order valence-electron chi connectivity index (χ3n) is 3.52. The maximum absolute atomic E-state index is 11.9. The number of nitrogens with zero attached hydrogens (tertiary/aromatic N) is 1. The van der Waals surface area contributed by atoms with Crippen molar-refractivity contribution in [3.05, 3.63) is 0 Å². The Hall–Kier alpha value is -0.170. The van der Waals surface area contributed by atoms with Gasteiger partial charge in [0.25, 0.3) is 10.2 Å². The second-order valence-electron chi connectivity index (χ2n) is 4.40. The second-order valence-corrected chi connectivity index (χ2v) is 6.10. The highest BCUT2D eigenvalue weighted by molar-refractivity contribution is 7.87. The van der Waals surface area contributed by atoms with Gasteiger partial charge >= 0.3 is 0 Å². The molecule has 2 heterocycles. The van der Waals surface area contributed by atoms with Gasteiger partial charge in [0.1, 0.15) is 0 Å². The molecule has 0 saturated carbocycles. The van der Waals surface area contributed by atoms with Crippen LogP contribution in [-0.2, 0) is 10.2 Å². The number of nitrogens with one attached hydrogen (secondary N) is 2. The fraction of sp³-hybridized carbons (Fsp3) is 1.00. The highest BCUT2D eigenvalue weighted by Crippen LogP contribution is 2.33. The van der Waals surface area contributed by atoms with Crippen LogP contribution in [0.15, 0.2) is 0 Å². The van der Waals surface area contributed by atoms with E-state index in [1.807, 2.05) is 6.92 Å². The zero-order valence-electron chi connectivity index (χ0n) is 9.23. The molecule has 15 heavy (non-hydrogen) atoms. The maximum Gasteiger partial charge on any atom is 0.279 e. The van der Waals surface area contributed by atoms with Crippen LogP contribution in [0.25, 0.3) is 0 Å². The van der Waals surface area contributed by atoms with Crippen molar-refractivity contribution in [2.75, 3.05) is 26.2 Å². The lowest BCUT2D eigenvalue weighted by Gasteiger charge is -2.23. The molecule has 3 unspecified atom stereocenters. The van der Waals surface area contributed by atoms with E-state index in [9.17, 15) is 8.42 Å². The summed E-state index contributed by atoms with van der Waals surface area (Å²) in [6.45, 7) is 6.83. The first-order chi connectivity index (χ1) is 7.06. The van der Waals surface area contributed by atoms with Crippen LogP contribution in [-0.4, -0.2) is 44.9 Å². The van der Waals surface area contributed by atoms with Crippen molar-refractivity contribution in [3.63, 3.8) is 0 Å². The van der Waals surface area contributed by atoms with Crippen LogP contribution in [0, 0.1) is 11.8 Å². The molecule has 5 nitrogen and oxygen atoms in total. The zero-order chi connectivity index (χ0) is 11.1. The number of hydrogen-bond acceptors (Lipinski definition) is 3. The normalized spacial score (nSPS) is 37.1. The Labute approximate surface area is 91.4 Å². The first kappa shape index (κ1) is 11.3. The molecule has 0 radical (unpaired) electrons. The molecule has 0 aliphatic carbocycles. The molecule has 0 bridgehead atoms. The van der Waals surface area contributed by atoms with Gasteiger partial charge in [0.05, 0.1) is 0 Å². The Bertz CT molecular complexity index is 330. The van der Waals surface area contributed by atoms with E-state index in [0.29, 0.717) is 24.9 Å². The van der Waals surface area contributed by atoms with Crippen molar-refractivity contribution >= 4 is 10.2 Å². The molecular weight excluding hydrogens is 214 g/mol. The molecule has 2 aliphatic heterocycles. The van der Waals surface area contributed by atoms with E-state index in [0.717, 1.165) is 13.1 Å². The molecule has 2 fully saturated rings. The lowest BCUT2D eigenvalue weighted by atomic mass is 9.95. The van der Waals surface area contributed by atoms with Crippen LogP contribution in [0.3, 0.4) is 0 Å². The fourth-order valence-electron chi connectivity index (χ4n) is 2.71. The molecule has 2 saturated heterocycles. The van der Waals surface area contributed by atoms with E-state index >= 15 is 0 Å². The van der Waals surface area contributed by atoms with Crippen molar-refractivity contribution in [2.24, 2.45) is 11.8 Å². The van der Waals surface area contributed by atoms with Crippen molar-refractivity contribution < 1.29 is 8.42 Å². The largest absolute Gasteiger partial charge is 0.316 e. The molecule has 0 aromatic heterocycles. The van der Waals surface area contributed by atoms with Crippen LogP contribution >= 0.6 is 0 Å². The molecule has 0 aromatic carbocycles. The van der Waals surface area contributed by atoms with Crippen molar-refractivity contribution in [3.8, 4) is 0 Å². The van der Waals surface area contributed by atoms with Crippen LogP contribution in [0.1, 0.15) is 13.8 Å². The lowest BCUT2D eigenvalue weighted by molar-refractivity contribution is 0.356. The van der Waals surface area contributed by atoms with E-state index in [1.165, 1.54) is 0 Å². The Morgan fingerprint density at radius 1 is 1.47 bits per heavy atom. The monoisotopic (exact) mass is 233 g/mol. The predicted octanol–water partition coefficient (Wildman–Crippen LogP) is -0.620. The van der Waals surface area contributed by atoms with Crippen LogP contribution in [0.2, 0.25) is 0 Å². The van der Waals surface area contributed by atoms with Gasteiger partial charge in [0, 0.05) is 19.1 Å². The molecule has 6 heteroatoms. The Balaban J connectivity index is 2.13. The van der Waals surface area contributed by atoms with Gasteiger partial charge in [-0.3, -0.25) is 0 Å². The van der Waals surface area contributed by atoms with E-state index < -0.39 is 10.2 Å². The van der Waals surface area contributed by atoms with Gasteiger partial charge in [0.2, 0.25) is 0 Å². The topological polar surface area (TPSA) is 61.4 Å². The van der Waals surface area contributed by atoms with Gasteiger partial charge in [-0.25, -0.2) is 4.72 Å². The van der Waals surface area contributed by atoms with Gasteiger partial charge in [-0.15, -0.1) is 0 Å². The van der Waals surface area contributed by atoms with E-state index in [1.54, 1.807) is 11.2 Å². The third kappa shape index (κ3) is 1.91. The number of fused-ring (bicyclic) bond motifs is 1. The summed E-state index contributed by atoms with van der Waals surface area (Å²) in [5, 5.41) is 3.32.